The van der Waals surface area contributed by atoms with E-state index in [1.54, 1.807) is 18.2 Å². The first-order valence-corrected chi connectivity index (χ1v) is 9.17. The number of nitrogens with one attached hydrogen (secondary N) is 1. The second-order valence-electron chi connectivity index (χ2n) is 5.66. The number of fused-ring (bicyclic) bond motifs is 1. The normalized spacial score (nSPS) is 11.4. The fraction of sp³-hybridized carbons (Fsp3) is 0.222. The van der Waals surface area contributed by atoms with Gasteiger partial charge in [-0.1, -0.05) is 46.4 Å². The van der Waals surface area contributed by atoms with Crippen LogP contribution >= 0.6 is 46.4 Å². The maximum Gasteiger partial charge on any atom is 0.0662 e. The molecule has 0 aliphatic carbocycles. The molecule has 0 saturated heterocycles. The van der Waals surface area contributed by atoms with Crippen LogP contribution in [0, 0.1) is 0 Å². The van der Waals surface area contributed by atoms with Gasteiger partial charge in [-0.05, 0) is 61.7 Å². The number of hydrogen-bond donors (Lipinski definition) is 2. The number of unbranched alkanes of at least 4 members (excludes halogenated alkanes) is 1. The average Bonchev–Trinajstić information content (AvgIpc) is 2.89. The van der Waals surface area contributed by atoms with Gasteiger partial charge in [0.05, 0.1) is 16.2 Å². The van der Waals surface area contributed by atoms with Crippen molar-refractivity contribution >= 4 is 57.3 Å². The van der Waals surface area contributed by atoms with Crippen molar-refractivity contribution < 1.29 is 0 Å². The molecule has 0 aliphatic rings. The summed E-state index contributed by atoms with van der Waals surface area (Å²) in [4.78, 5) is 3.41. The number of halogens is 4. The molecule has 6 heteroatoms. The lowest BCUT2D eigenvalue weighted by Crippen LogP contribution is -1.99. The Morgan fingerprint density at radius 2 is 1.67 bits per heavy atom. The maximum atomic E-state index is 6.40. The number of rotatable bonds is 5. The second-order valence-corrected chi connectivity index (χ2v) is 7.35. The van der Waals surface area contributed by atoms with Crippen molar-refractivity contribution in [3.05, 3.63) is 56.0 Å². The van der Waals surface area contributed by atoms with Crippen LogP contribution < -0.4 is 5.73 Å². The van der Waals surface area contributed by atoms with Crippen LogP contribution in [0.1, 0.15) is 18.4 Å². The van der Waals surface area contributed by atoms with Gasteiger partial charge in [0.25, 0.3) is 0 Å². The van der Waals surface area contributed by atoms with Crippen LogP contribution in [-0.4, -0.2) is 11.5 Å². The Bertz CT molecular complexity index is 886. The van der Waals surface area contributed by atoms with E-state index in [0.717, 1.165) is 47.0 Å². The molecule has 1 heterocycles. The molecule has 2 aromatic carbocycles. The Morgan fingerprint density at radius 3 is 2.42 bits per heavy atom. The predicted octanol–water partition coefficient (Wildman–Crippen LogP) is 6.73. The Balaban J connectivity index is 2.23. The summed E-state index contributed by atoms with van der Waals surface area (Å²) in [6, 6.07) is 9.08. The summed E-state index contributed by atoms with van der Waals surface area (Å²) in [6.07, 6.45) is 2.77. The van der Waals surface area contributed by atoms with Crippen molar-refractivity contribution in [2.24, 2.45) is 5.73 Å². The molecule has 2 nitrogen and oxygen atoms in total. The first-order valence-electron chi connectivity index (χ1n) is 7.66. The molecule has 0 atom stereocenters. The lowest BCUT2D eigenvalue weighted by atomic mass is 10.00. The highest BCUT2D eigenvalue weighted by atomic mass is 35.5. The van der Waals surface area contributed by atoms with E-state index in [1.807, 2.05) is 12.1 Å². The van der Waals surface area contributed by atoms with E-state index >= 15 is 0 Å². The number of aromatic nitrogens is 1. The fourth-order valence-electron chi connectivity index (χ4n) is 2.90. The predicted molar refractivity (Wildman–Crippen MR) is 106 cm³/mol. The molecule has 0 aliphatic heterocycles. The number of benzene rings is 2. The highest BCUT2D eigenvalue weighted by Gasteiger charge is 2.18. The lowest BCUT2D eigenvalue weighted by Gasteiger charge is -2.08. The molecule has 0 unspecified atom stereocenters. The second kappa shape index (κ2) is 7.55. The van der Waals surface area contributed by atoms with Gasteiger partial charge in [-0.3, -0.25) is 0 Å². The first kappa shape index (κ1) is 17.9. The summed E-state index contributed by atoms with van der Waals surface area (Å²) < 4.78 is 0. The third kappa shape index (κ3) is 3.54. The molecular weight excluding hydrogens is 386 g/mol. The zero-order valence-corrected chi connectivity index (χ0v) is 15.8. The van der Waals surface area contributed by atoms with Crippen LogP contribution in [0.15, 0.2) is 30.3 Å². The Labute approximate surface area is 160 Å². The molecule has 3 rings (SSSR count). The number of nitrogens with two attached hydrogens (primary N) is 1. The van der Waals surface area contributed by atoms with Crippen LogP contribution in [0.25, 0.3) is 22.2 Å². The molecule has 1 aromatic heterocycles. The molecule has 0 fully saturated rings. The SMILES string of the molecule is NCCCCc1c(-c2cc(Cl)ccc2Cl)[nH]c2c(Cl)cc(Cl)cc12. The van der Waals surface area contributed by atoms with Crippen LogP contribution in [0.5, 0.6) is 0 Å². The van der Waals surface area contributed by atoms with Crippen LogP contribution in [-0.2, 0) is 6.42 Å². The topological polar surface area (TPSA) is 41.8 Å². The number of H-pyrrole nitrogens is 1. The zero-order chi connectivity index (χ0) is 17.3. The van der Waals surface area contributed by atoms with Crippen LogP contribution in [0.3, 0.4) is 0 Å². The maximum absolute atomic E-state index is 6.40. The van der Waals surface area contributed by atoms with E-state index in [4.69, 9.17) is 52.1 Å². The van der Waals surface area contributed by atoms with Gasteiger partial charge < -0.3 is 10.7 Å². The van der Waals surface area contributed by atoms with Crippen molar-refractivity contribution in [3.63, 3.8) is 0 Å². The van der Waals surface area contributed by atoms with E-state index < -0.39 is 0 Å². The molecular formula is C18H16Cl4N2. The van der Waals surface area contributed by atoms with E-state index in [2.05, 4.69) is 4.98 Å². The Morgan fingerprint density at radius 1 is 0.875 bits per heavy atom. The van der Waals surface area contributed by atoms with Gasteiger partial charge in [-0.25, -0.2) is 0 Å². The van der Waals surface area contributed by atoms with E-state index in [-0.39, 0.29) is 0 Å². The summed E-state index contributed by atoms with van der Waals surface area (Å²) in [6.45, 7) is 0.664. The van der Waals surface area contributed by atoms with Gasteiger partial charge in [-0.2, -0.15) is 0 Å². The van der Waals surface area contributed by atoms with Gasteiger partial charge in [0.2, 0.25) is 0 Å². The van der Waals surface area contributed by atoms with E-state index in [0.29, 0.717) is 26.6 Å². The van der Waals surface area contributed by atoms with Crippen LogP contribution in [0.2, 0.25) is 20.1 Å². The Kier molecular flexibility index (Phi) is 5.63. The summed E-state index contributed by atoms with van der Waals surface area (Å²) in [5, 5.41) is 3.46. The minimum Gasteiger partial charge on any atom is -0.353 e. The largest absolute Gasteiger partial charge is 0.353 e. The summed E-state index contributed by atoms with van der Waals surface area (Å²) >= 11 is 25.1. The van der Waals surface area contributed by atoms with E-state index in [9.17, 15) is 0 Å². The van der Waals surface area contributed by atoms with Crippen molar-refractivity contribution in [1.82, 2.24) is 4.98 Å². The summed E-state index contributed by atoms with van der Waals surface area (Å²) in [7, 11) is 0. The van der Waals surface area contributed by atoms with Crippen molar-refractivity contribution in [1.29, 1.82) is 0 Å². The number of aryl methyl sites for hydroxylation is 1. The van der Waals surface area contributed by atoms with Crippen LogP contribution in [0.4, 0.5) is 0 Å². The molecule has 3 N–H and O–H groups in total. The number of aromatic amines is 1. The van der Waals surface area contributed by atoms with Crippen molar-refractivity contribution in [3.8, 4) is 11.3 Å². The third-order valence-electron chi connectivity index (χ3n) is 4.01. The molecule has 0 radical (unpaired) electrons. The quantitative estimate of drug-likeness (QED) is 0.457. The van der Waals surface area contributed by atoms with Crippen molar-refractivity contribution in [2.45, 2.75) is 19.3 Å². The fourth-order valence-corrected chi connectivity index (χ4v) is 3.82. The van der Waals surface area contributed by atoms with E-state index in [1.165, 1.54) is 0 Å². The molecule has 126 valence electrons. The monoisotopic (exact) mass is 400 g/mol. The van der Waals surface area contributed by atoms with Gasteiger partial charge >= 0.3 is 0 Å². The van der Waals surface area contributed by atoms with Gasteiger partial charge in [0.1, 0.15) is 0 Å². The zero-order valence-electron chi connectivity index (χ0n) is 12.8. The highest BCUT2D eigenvalue weighted by Crippen LogP contribution is 2.39. The first-order chi connectivity index (χ1) is 11.5. The number of hydrogen-bond acceptors (Lipinski definition) is 1. The molecule has 0 amide bonds. The lowest BCUT2D eigenvalue weighted by molar-refractivity contribution is 0.748. The molecule has 0 spiro atoms. The molecule has 0 bridgehead atoms. The standard InChI is InChI=1S/C18H16Cl4N2/c19-10-4-5-15(21)14(7-10)17-12(3-1-2-6-23)13-8-11(20)9-16(22)18(13)24-17/h4-5,7-9,24H,1-3,6,23H2. The van der Waals surface area contributed by atoms with Gasteiger partial charge in [0, 0.05) is 26.0 Å². The smallest absolute Gasteiger partial charge is 0.0662 e. The summed E-state index contributed by atoms with van der Waals surface area (Å²) in [5.74, 6) is 0. The molecule has 3 aromatic rings. The Hall–Kier alpha value is -0.900. The van der Waals surface area contributed by atoms with Crippen molar-refractivity contribution in [2.75, 3.05) is 6.54 Å². The minimum atomic E-state index is 0.585. The third-order valence-corrected chi connectivity index (χ3v) is 5.09. The van der Waals surface area contributed by atoms with Gasteiger partial charge in [-0.15, -0.1) is 0 Å². The van der Waals surface area contributed by atoms with Gasteiger partial charge in [0.15, 0.2) is 0 Å². The molecule has 0 saturated carbocycles. The molecule has 24 heavy (non-hydrogen) atoms. The highest BCUT2D eigenvalue weighted by molar-refractivity contribution is 6.39. The minimum absolute atomic E-state index is 0.585. The summed E-state index contributed by atoms with van der Waals surface area (Å²) in [5.41, 5.74) is 9.41. The average molecular weight is 402 g/mol.